The van der Waals surface area contributed by atoms with Crippen LogP contribution in [-0.4, -0.2) is 39.2 Å². The molecule has 0 fully saturated rings. The second-order valence-corrected chi connectivity index (χ2v) is 3.84. The van der Waals surface area contributed by atoms with Gasteiger partial charge in [0.25, 0.3) is 0 Å². The van der Waals surface area contributed by atoms with Gasteiger partial charge in [0.05, 0.1) is 12.2 Å². The van der Waals surface area contributed by atoms with Gasteiger partial charge in [0.15, 0.2) is 5.82 Å². The Kier molecular flexibility index (Phi) is 2.82. The van der Waals surface area contributed by atoms with Crippen molar-refractivity contribution < 1.29 is 0 Å². The maximum Gasteiger partial charge on any atom is 0.170 e. The van der Waals surface area contributed by atoms with E-state index in [1.54, 1.807) is 4.68 Å². The molecule has 2 N–H and O–H groups in total. The second kappa shape index (κ2) is 4.28. The predicted molar refractivity (Wildman–Crippen MR) is 61.0 cm³/mol. The van der Waals surface area contributed by atoms with Crippen molar-refractivity contribution in [2.75, 3.05) is 19.8 Å². The minimum absolute atomic E-state index is 0.692. The molecule has 2 aromatic rings. The summed E-state index contributed by atoms with van der Waals surface area (Å²) in [5.41, 5.74) is 7.27. The second-order valence-electron chi connectivity index (χ2n) is 3.84. The topological polar surface area (TPSA) is 72.9 Å². The first-order valence-corrected chi connectivity index (χ1v) is 4.95. The summed E-state index contributed by atoms with van der Waals surface area (Å²) in [4.78, 5) is 2.01. The number of hydrogen-bond acceptors (Lipinski definition) is 5. The van der Waals surface area contributed by atoms with Gasteiger partial charge < -0.3 is 10.6 Å². The van der Waals surface area contributed by atoms with Crippen LogP contribution in [0.3, 0.4) is 0 Å². The standard InChI is InChI=1S/C10H14N6/c1-15(2)7-10-12-13-14-16(10)9-5-3-8(11)4-6-9/h3-6H,7,11H2,1-2H3. The van der Waals surface area contributed by atoms with Gasteiger partial charge in [-0.25, -0.2) is 0 Å². The maximum absolute atomic E-state index is 5.63. The van der Waals surface area contributed by atoms with Gasteiger partial charge in [0, 0.05) is 5.69 Å². The van der Waals surface area contributed by atoms with Crippen LogP contribution in [0.1, 0.15) is 5.82 Å². The van der Waals surface area contributed by atoms with Crippen molar-refractivity contribution in [2.45, 2.75) is 6.54 Å². The van der Waals surface area contributed by atoms with E-state index in [1.165, 1.54) is 0 Å². The summed E-state index contributed by atoms with van der Waals surface area (Å²) in [5, 5.41) is 11.6. The molecular weight excluding hydrogens is 204 g/mol. The fraction of sp³-hybridized carbons (Fsp3) is 0.300. The molecule has 0 bridgehead atoms. The van der Waals surface area contributed by atoms with Crippen LogP contribution in [0.25, 0.3) is 5.69 Å². The van der Waals surface area contributed by atoms with E-state index in [0.29, 0.717) is 6.54 Å². The molecule has 0 radical (unpaired) electrons. The SMILES string of the molecule is CN(C)Cc1nnnn1-c1ccc(N)cc1. The molecule has 0 aliphatic heterocycles. The Morgan fingerprint density at radius 2 is 1.94 bits per heavy atom. The smallest absolute Gasteiger partial charge is 0.170 e. The normalized spacial score (nSPS) is 10.9. The lowest BCUT2D eigenvalue weighted by Gasteiger charge is -2.09. The number of nitrogen functional groups attached to an aromatic ring is 1. The Hall–Kier alpha value is -1.95. The summed E-state index contributed by atoms with van der Waals surface area (Å²) in [6.07, 6.45) is 0. The van der Waals surface area contributed by atoms with Crippen LogP contribution in [-0.2, 0) is 6.54 Å². The lowest BCUT2D eigenvalue weighted by atomic mass is 10.3. The zero-order valence-corrected chi connectivity index (χ0v) is 9.33. The van der Waals surface area contributed by atoms with Gasteiger partial charge in [-0.1, -0.05) is 0 Å². The Labute approximate surface area is 93.7 Å². The maximum atomic E-state index is 5.63. The van der Waals surface area contributed by atoms with E-state index in [0.717, 1.165) is 17.2 Å². The van der Waals surface area contributed by atoms with E-state index in [9.17, 15) is 0 Å². The van der Waals surface area contributed by atoms with Crippen molar-refractivity contribution in [3.8, 4) is 5.69 Å². The molecule has 0 aliphatic rings. The number of rotatable bonds is 3. The number of benzene rings is 1. The van der Waals surface area contributed by atoms with Crippen molar-refractivity contribution in [2.24, 2.45) is 0 Å². The highest BCUT2D eigenvalue weighted by Crippen LogP contribution is 2.11. The van der Waals surface area contributed by atoms with Gasteiger partial charge in [-0.15, -0.1) is 5.10 Å². The molecule has 0 amide bonds. The molecule has 0 atom stereocenters. The summed E-state index contributed by atoms with van der Waals surface area (Å²) in [6, 6.07) is 7.45. The van der Waals surface area contributed by atoms with Crippen LogP contribution in [0.15, 0.2) is 24.3 Å². The first kappa shape index (κ1) is 10.6. The van der Waals surface area contributed by atoms with Crippen LogP contribution in [0.2, 0.25) is 0 Å². The molecule has 0 unspecified atom stereocenters. The molecule has 6 nitrogen and oxygen atoms in total. The molecule has 1 heterocycles. The Balaban J connectivity index is 2.33. The van der Waals surface area contributed by atoms with Gasteiger partial charge in [0.2, 0.25) is 0 Å². The molecule has 0 saturated carbocycles. The van der Waals surface area contributed by atoms with E-state index in [2.05, 4.69) is 15.5 Å². The monoisotopic (exact) mass is 218 g/mol. The van der Waals surface area contributed by atoms with Gasteiger partial charge in [-0.2, -0.15) is 4.68 Å². The fourth-order valence-electron chi connectivity index (χ4n) is 1.40. The van der Waals surface area contributed by atoms with Crippen molar-refractivity contribution >= 4 is 5.69 Å². The van der Waals surface area contributed by atoms with Crippen LogP contribution in [0.4, 0.5) is 5.69 Å². The Morgan fingerprint density at radius 3 is 2.56 bits per heavy atom. The van der Waals surface area contributed by atoms with Gasteiger partial charge in [0.1, 0.15) is 0 Å². The fourth-order valence-corrected chi connectivity index (χ4v) is 1.40. The summed E-state index contributed by atoms with van der Waals surface area (Å²) in [5.74, 6) is 0.801. The van der Waals surface area contributed by atoms with E-state index in [4.69, 9.17) is 5.73 Å². The van der Waals surface area contributed by atoms with Crippen molar-refractivity contribution in [1.82, 2.24) is 25.1 Å². The van der Waals surface area contributed by atoms with Crippen molar-refractivity contribution in [3.63, 3.8) is 0 Å². The van der Waals surface area contributed by atoms with Crippen LogP contribution < -0.4 is 5.73 Å². The van der Waals surface area contributed by atoms with Gasteiger partial charge >= 0.3 is 0 Å². The highest BCUT2D eigenvalue weighted by Gasteiger charge is 2.08. The van der Waals surface area contributed by atoms with E-state index >= 15 is 0 Å². The van der Waals surface area contributed by atoms with E-state index in [-0.39, 0.29) is 0 Å². The number of aromatic nitrogens is 4. The molecule has 6 heteroatoms. The summed E-state index contributed by atoms with van der Waals surface area (Å²) in [6.45, 7) is 0.692. The molecule has 1 aromatic carbocycles. The molecule has 16 heavy (non-hydrogen) atoms. The predicted octanol–water partition coefficient (Wildman–Crippen LogP) is 0.306. The third-order valence-corrected chi connectivity index (χ3v) is 2.13. The molecule has 0 spiro atoms. The quantitative estimate of drug-likeness (QED) is 0.750. The minimum Gasteiger partial charge on any atom is -0.399 e. The Morgan fingerprint density at radius 1 is 1.25 bits per heavy atom. The van der Waals surface area contributed by atoms with E-state index < -0.39 is 0 Å². The lowest BCUT2D eigenvalue weighted by molar-refractivity contribution is 0.385. The first-order chi connectivity index (χ1) is 7.66. The number of anilines is 1. The molecule has 1 aromatic heterocycles. The molecule has 0 saturated heterocycles. The summed E-state index contributed by atoms with van der Waals surface area (Å²) in [7, 11) is 3.95. The minimum atomic E-state index is 0.692. The molecule has 84 valence electrons. The van der Waals surface area contributed by atoms with Crippen molar-refractivity contribution in [3.05, 3.63) is 30.1 Å². The van der Waals surface area contributed by atoms with Crippen molar-refractivity contribution in [1.29, 1.82) is 0 Å². The molecular formula is C10H14N6. The van der Waals surface area contributed by atoms with Crippen LogP contribution >= 0.6 is 0 Å². The summed E-state index contributed by atoms with van der Waals surface area (Å²) < 4.78 is 1.71. The molecule has 0 aliphatic carbocycles. The number of nitrogens with two attached hydrogens (primary N) is 1. The third-order valence-electron chi connectivity index (χ3n) is 2.13. The first-order valence-electron chi connectivity index (χ1n) is 4.95. The zero-order valence-electron chi connectivity index (χ0n) is 9.33. The van der Waals surface area contributed by atoms with E-state index in [1.807, 2.05) is 43.3 Å². The third kappa shape index (κ3) is 2.17. The van der Waals surface area contributed by atoms with Crippen LogP contribution in [0, 0.1) is 0 Å². The van der Waals surface area contributed by atoms with Gasteiger partial charge in [-0.3, -0.25) is 0 Å². The molecule has 2 rings (SSSR count). The highest BCUT2D eigenvalue weighted by atomic mass is 15.5. The largest absolute Gasteiger partial charge is 0.399 e. The number of tetrazole rings is 1. The average Bonchev–Trinajstić information content (AvgIpc) is 2.66. The number of hydrogen-bond donors (Lipinski definition) is 1. The average molecular weight is 218 g/mol. The van der Waals surface area contributed by atoms with Gasteiger partial charge in [-0.05, 0) is 48.8 Å². The number of nitrogens with zero attached hydrogens (tertiary/aromatic N) is 5. The lowest BCUT2D eigenvalue weighted by Crippen LogP contribution is -2.15. The summed E-state index contributed by atoms with van der Waals surface area (Å²) >= 11 is 0. The van der Waals surface area contributed by atoms with Crippen LogP contribution in [0.5, 0.6) is 0 Å². The zero-order chi connectivity index (χ0) is 11.5. The Bertz CT molecular complexity index is 458. The highest BCUT2D eigenvalue weighted by molar-refractivity contribution is 5.44.